The number of aliphatic carboxylic acids is 1. The van der Waals surface area contributed by atoms with Crippen molar-refractivity contribution in [2.24, 2.45) is 11.7 Å². The summed E-state index contributed by atoms with van der Waals surface area (Å²) in [7, 11) is 0. The second-order valence-electron chi connectivity index (χ2n) is 8.22. The average Bonchev–Trinajstić information content (AvgIpc) is 3.47. The molecule has 2 amide bonds. The third kappa shape index (κ3) is 5.98. The summed E-state index contributed by atoms with van der Waals surface area (Å²) in [4.78, 5) is 47.6. The standard InChI is InChI=1S/C23H30N6O4/c1-3-13(2)20(24)22(31)28-18(8-14-10-26-17-7-5-4-6-16(14)17)21(30)29-19(23(32)33)9-15-11-25-12-27-15/h4-7,10-13,18-20,26H,3,8-9,24H2,1-2H3,(H,25,27)(H,28,31)(H,29,30)(H,32,33). The van der Waals surface area contributed by atoms with Crippen molar-refractivity contribution in [3.05, 3.63) is 54.2 Å². The van der Waals surface area contributed by atoms with Gasteiger partial charge in [0.25, 0.3) is 0 Å². The topological polar surface area (TPSA) is 166 Å². The predicted octanol–water partition coefficient (Wildman–Crippen LogP) is 1.10. The maximum absolute atomic E-state index is 13.2. The van der Waals surface area contributed by atoms with E-state index in [0.29, 0.717) is 12.1 Å². The van der Waals surface area contributed by atoms with Gasteiger partial charge in [0.1, 0.15) is 12.1 Å². The highest BCUT2D eigenvalue weighted by molar-refractivity contribution is 5.93. The van der Waals surface area contributed by atoms with Gasteiger partial charge in [0.2, 0.25) is 11.8 Å². The lowest BCUT2D eigenvalue weighted by atomic mass is 9.98. The number of hydrogen-bond acceptors (Lipinski definition) is 5. The van der Waals surface area contributed by atoms with Crippen LogP contribution in [0.5, 0.6) is 0 Å². The third-order valence-corrected chi connectivity index (χ3v) is 5.89. The molecule has 7 N–H and O–H groups in total. The number of amides is 2. The van der Waals surface area contributed by atoms with Crippen molar-refractivity contribution < 1.29 is 19.5 Å². The molecule has 0 radical (unpaired) electrons. The van der Waals surface area contributed by atoms with Crippen molar-refractivity contribution in [2.45, 2.75) is 51.2 Å². The molecule has 0 aliphatic carbocycles. The maximum atomic E-state index is 13.2. The number of carbonyl (C=O) groups is 3. The SMILES string of the molecule is CCC(C)C(N)C(=O)NC(Cc1c[nH]c2ccccc12)C(=O)NC(Cc1cnc[nH]1)C(=O)O. The molecule has 0 saturated carbocycles. The second-order valence-corrected chi connectivity index (χ2v) is 8.22. The number of nitrogens with zero attached hydrogens (tertiary/aromatic N) is 1. The number of fused-ring (bicyclic) bond motifs is 1. The smallest absolute Gasteiger partial charge is 0.326 e. The third-order valence-electron chi connectivity index (χ3n) is 5.89. The van der Waals surface area contributed by atoms with Crippen molar-refractivity contribution in [2.75, 3.05) is 0 Å². The number of para-hydroxylation sites is 1. The van der Waals surface area contributed by atoms with E-state index in [1.54, 1.807) is 6.20 Å². The Morgan fingerprint density at radius 1 is 1.09 bits per heavy atom. The minimum absolute atomic E-state index is 0.0290. The van der Waals surface area contributed by atoms with Gasteiger partial charge in [-0.1, -0.05) is 38.5 Å². The van der Waals surface area contributed by atoms with Gasteiger partial charge >= 0.3 is 5.97 Å². The molecule has 33 heavy (non-hydrogen) atoms. The Balaban J connectivity index is 1.82. The van der Waals surface area contributed by atoms with Crippen molar-refractivity contribution >= 4 is 28.7 Å². The zero-order chi connectivity index (χ0) is 24.0. The first-order valence-electron chi connectivity index (χ1n) is 10.9. The fraction of sp³-hybridized carbons (Fsp3) is 0.391. The largest absolute Gasteiger partial charge is 0.480 e. The number of H-pyrrole nitrogens is 2. The van der Waals surface area contributed by atoms with Gasteiger partial charge in [-0.05, 0) is 17.5 Å². The molecule has 0 aliphatic rings. The Kier molecular flexibility index (Phi) is 7.83. The first-order chi connectivity index (χ1) is 15.8. The highest BCUT2D eigenvalue weighted by Crippen LogP contribution is 2.19. The summed E-state index contributed by atoms with van der Waals surface area (Å²) in [6, 6.07) is 4.63. The van der Waals surface area contributed by atoms with Gasteiger partial charge in [0, 0.05) is 41.8 Å². The lowest BCUT2D eigenvalue weighted by molar-refractivity contribution is -0.142. The van der Waals surface area contributed by atoms with Crippen molar-refractivity contribution in [1.82, 2.24) is 25.6 Å². The fourth-order valence-electron chi connectivity index (χ4n) is 3.60. The summed E-state index contributed by atoms with van der Waals surface area (Å²) >= 11 is 0. The van der Waals surface area contributed by atoms with Crippen molar-refractivity contribution in [3.63, 3.8) is 0 Å². The number of aromatic amines is 2. The summed E-state index contributed by atoms with van der Waals surface area (Å²) < 4.78 is 0. The van der Waals surface area contributed by atoms with Crippen LogP contribution in [0.25, 0.3) is 10.9 Å². The second kappa shape index (κ2) is 10.8. The predicted molar refractivity (Wildman–Crippen MR) is 123 cm³/mol. The first kappa shape index (κ1) is 24.0. The van der Waals surface area contributed by atoms with Crippen LogP contribution in [0.1, 0.15) is 31.5 Å². The van der Waals surface area contributed by atoms with Gasteiger partial charge in [-0.15, -0.1) is 0 Å². The molecule has 0 fully saturated rings. The Morgan fingerprint density at radius 3 is 2.48 bits per heavy atom. The van der Waals surface area contributed by atoms with Gasteiger partial charge < -0.3 is 31.4 Å². The Hall–Kier alpha value is -3.66. The molecule has 0 spiro atoms. The zero-order valence-electron chi connectivity index (χ0n) is 18.7. The van der Waals surface area contributed by atoms with Crippen molar-refractivity contribution in [3.8, 4) is 0 Å². The number of benzene rings is 1. The van der Waals surface area contributed by atoms with E-state index < -0.39 is 35.9 Å². The van der Waals surface area contributed by atoms with E-state index in [0.717, 1.165) is 16.5 Å². The molecule has 3 rings (SSSR count). The Labute approximate surface area is 191 Å². The van der Waals surface area contributed by atoms with Crippen LogP contribution in [0.15, 0.2) is 43.0 Å². The van der Waals surface area contributed by atoms with E-state index in [9.17, 15) is 19.5 Å². The molecular formula is C23H30N6O4. The maximum Gasteiger partial charge on any atom is 0.326 e. The Bertz CT molecular complexity index is 1090. The van der Waals surface area contributed by atoms with E-state index in [1.807, 2.05) is 38.1 Å². The van der Waals surface area contributed by atoms with Crippen LogP contribution in [-0.2, 0) is 27.2 Å². The quantitative estimate of drug-likeness (QED) is 0.254. The summed E-state index contributed by atoms with van der Waals surface area (Å²) in [5, 5.41) is 15.8. The van der Waals surface area contributed by atoms with E-state index in [-0.39, 0.29) is 18.8 Å². The Morgan fingerprint density at radius 2 is 1.82 bits per heavy atom. The van der Waals surface area contributed by atoms with Crippen molar-refractivity contribution in [1.29, 1.82) is 0 Å². The number of nitrogens with two attached hydrogens (primary N) is 1. The van der Waals surface area contributed by atoms with Crippen LogP contribution in [0.2, 0.25) is 0 Å². The minimum atomic E-state index is -1.19. The molecular weight excluding hydrogens is 424 g/mol. The van der Waals surface area contributed by atoms with E-state index in [2.05, 4.69) is 25.6 Å². The van der Waals surface area contributed by atoms with E-state index in [4.69, 9.17) is 5.73 Å². The average molecular weight is 455 g/mol. The van der Waals surface area contributed by atoms with Crippen LogP contribution >= 0.6 is 0 Å². The number of hydrogen-bond donors (Lipinski definition) is 6. The normalized spacial score (nSPS) is 14.9. The molecule has 10 nitrogen and oxygen atoms in total. The number of carboxylic acid groups (broad SMARTS) is 1. The van der Waals surface area contributed by atoms with Crippen LogP contribution in [-0.4, -0.2) is 56.0 Å². The lowest BCUT2D eigenvalue weighted by Crippen LogP contribution is -2.56. The van der Waals surface area contributed by atoms with Gasteiger partial charge in [-0.25, -0.2) is 9.78 Å². The number of carbonyl (C=O) groups excluding carboxylic acids is 2. The first-order valence-corrected chi connectivity index (χ1v) is 10.9. The van der Waals surface area contributed by atoms with Crippen LogP contribution < -0.4 is 16.4 Å². The molecule has 2 aromatic heterocycles. The molecule has 1 aromatic carbocycles. The molecule has 4 atom stereocenters. The summed E-state index contributed by atoms with van der Waals surface area (Å²) in [6.45, 7) is 3.80. The molecule has 3 aromatic rings. The van der Waals surface area contributed by atoms with Gasteiger partial charge in [0.05, 0.1) is 12.4 Å². The molecule has 0 saturated heterocycles. The molecule has 0 aliphatic heterocycles. The van der Waals surface area contributed by atoms with Crippen LogP contribution in [0, 0.1) is 5.92 Å². The molecule has 2 heterocycles. The monoisotopic (exact) mass is 454 g/mol. The van der Waals surface area contributed by atoms with Crippen LogP contribution in [0.4, 0.5) is 0 Å². The van der Waals surface area contributed by atoms with Crippen LogP contribution in [0.3, 0.4) is 0 Å². The fourth-order valence-corrected chi connectivity index (χ4v) is 3.60. The highest BCUT2D eigenvalue weighted by Gasteiger charge is 2.30. The van der Waals surface area contributed by atoms with Gasteiger partial charge in [-0.3, -0.25) is 9.59 Å². The zero-order valence-corrected chi connectivity index (χ0v) is 18.7. The number of carboxylic acids is 1. The lowest BCUT2D eigenvalue weighted by Gasteiger charge is -2.24. The molecule has 4 unspecified atom stereocenters. The van der Waals surface area contributed by atoms with E-state index >= 15 is 0 Å². The minimum Gasteiger partial charge on any atom is -0.480 e. The van der Waals surface area contributed by atoms with Gasteiger partial charge in [0.15, 0.2) is 0 Å². The summed E-state index contributed by atoms with van der Waals surface area (Å²) in [5.74, 6) is -2.32. The van der Waals surface area contributed by atoms with Gasteiger partial charge in [-0.2, -0.15) is 0 Å². The number of nitrogens with one attached hydrogen (secondary N) is 4. The number of aromatic nitrogens is 3. The van der Waals surface area contributed by atoms with E-state index in [1.165, 1.54) is 12.5 Å². The molecule has 0 bridgehead atoms. The summed E-state index contributed by atoms with van der Waals surface area (Å²) in [6.07, 6.45) is 5.63. The highest BCUT2D eigenvalue weighted by atomic mass is 16.4. The molecule has 10 heteroatoms. The number of rotatable bonds is 11. The number of imidazole rings is 1. The summed E-state index contributed by atoms with van der Waals surface area (Å²) in [5.41, 5.74) is 8.36. The molecule has 176 valence electrons.